The Morgan fingerprint density at radius 1 is 1.56 bits per heavy atom. The second kappa shape index (κ2) is 6.19. The molecule has 1 aliphatic rings. The first-order chi connectivity index (χ1) is 8.65. The summed E-state index contributed by atoms with van der Waals surface area (Å²) < 4.78 is 1.04. The molecular weight excluding hydrogens is 290 g/mol. The fourth-order valence-corrected chi connectivity index (χ4v) is 2.68. The van der Waals surface area contributed by atoms with Crippen molar-refractivity contribution in [1.82, 2.24) is 5.32 Å². The van der Waals surface area contributed by atoms with Crippen molar-refractivity contribution >= 4 is 21.8 Å². The Bertz CT molecular complexity index is 456. The number of halogens is 1. The third-order valence-electron chi connectivity index (χ3n) is 3.29. The number of amides is 1. The first kappa shape index (κ1) is 13.3. The van der Waals surface area contributed by atoms with Crippen molar-refractivity contribution in [2.75, 3.05) is 0 Å². The summed E-state index contributed by atoms with van der Waals surface area (Å²) in [7, 11) is 0. The molecule has 0 radical (unpaired) electrons. The highest BCUT2D eigenvalue weighted by Crippen LogP contribution is 2.21. The number of benzene rings is 1. The Labute approximate surface area is 117 Å². The van der Waals surface area contributed by atoms with Gasteiger partial charge in [-0.3, -0.25) is 4.79 Å². The molecule has 0 spiro atoms. The summed E-state index contributed by atoms with van der Waals surface area (Å²) in [6.07, 6.45) is 7.14. The van der Waals surface area contributed by atoms with Crippen LogP contribution in [-0.4, -0.2) is 5.91 Å². The average Bonchev–Trinajstić information content (AvgIpc) is 2.81. The molecule has 0 saturated heterocycles. The minimum Gasteiger partial charge on any atom is -0.350 e. The van der Waals surface area contributed by atoms with E-state index in [0.29, 0.717) is 12.3 Å². The SMILES string of the molecule is C[C@@H](NC(=O)C[C@@H]1C=CCC1)c1cccc(Br)c1. The lowest BCUT2D eigenvalue weighted by Crippen LogP contribution is -2.27. The van der Waals surface area contributed by atoms with E-state index in [1.54, 1.807) is 0 Å². The maximum absolute atomic E-state index is 11.9. The second-order valence-corrected chi connectivity index (χ2v) is 5.73. The summed E-state index contributed by atoms with van der Waals surface area (Å²) in [5.74, 6) is 0.568. The first-order valence-corrected chi connectivity index (χ1v) is 7.16. The lowest BCUT2D eigenvalue weighted by atomic mass is 10.0. The maximum atomic E-state index is 11.9. The summed E-state index contributed by atoms with van der Waals surface area (Å²) in [4.78, 5) is 11.9. The van der Waals surface area contributed by atoms with Gasteiger partial charge in [0.05, 0.1) is 6.04 Å². The van der Waals surface area contributed by atoms with Gasteiger partial charge in [0.1, 0.15) is 0 Å². The molecule has 0 heterocycles. The molecule has 18 heavy (non-hydrogen) atoms. The Morgan fingerprint density at radius 2 is 2.39 bits per heavy atom. The van der Waals surface area contributed by atoms with E-state index in [9.17, 15) is 4.79 Å². The van der Waals surface area contributed by atoms with Gasteiger partial charge in [-0.15, -0.1) is 0 Å². The molecule has 3 heteroatoms. The van der Waals surface area contributed by atoms with Crippen LogP contribution in [0, 0.1) is 5.92 Å². The van der Waals surface area contributed by atoms with E-state index in [-0.39, 0.29) is 11.9 Å². The van der Waals surface area contributed by atoms with Crippen LogP contribution in [0.2, 0.25) is 0 Å². The molecule has 2 atom stereocenters. The number of rotatable bonds is 4. The zero-order chi connectivity index (χ0) is 13.0. The summed E-state index contributed by atoms with van der Waals surface area (Å²) in [5, 5.41) is 3.06. The van der Waals surface area contributed by atoms with Crippen molar-refractivity contribution < 1.29 is 4.79 Å². The molecule has 1 aromatic rings. The predicted octanol–water partition coefficient (Wildman–Crippen LogP) is 3.98. The highest BCUT2D eigenvalue weighted by Gasteiger charge is 2.16. The van der Waals surface area contributed by atoms with Crippen molar-refractivity contribution in [2.45, 2.75) is 32.2 Å². The molecule has 96 valence electrons. The van der Waals surface area contributed by atoms with E-state index in [0.717, 1.165) is 22.9 Å². The van der Waals surface area contributed by atoms with Crippen molar-refractivity contribution in [3.63, 3.8) is 0 Å². The van der Waals surface area contributed by atoms with Crippen LogP contribution >= 0.6 is 15.9 Å². The summed E-state index contributed by atoms with van der Waals surface area (Å²) >= 11 is 3.45. The molecule has 0 fully saturated rings. The smallest absolute Gasteiger partial charge is 0.221 e. The molecule has 0 aliphatic heterocycles. The summed E-state index contributed by atoms with van der Waals surface area (Å²) in [6, 6.07) is 8.11. The largest absolute Gasteiger partial charge is 0.350 e. The number of carbonyl (C=O) groups is 1. The highest BCUT2D eigenvalue weighted by atomic mass is 79.9. The van der Waals surface area contributed by atoms with E-state index in [1.165, 1.54) is 0 Å². The van der Waals surface area contributed by atoms with Crippen LogP contribution in [-0.2, 0) is 4.79 Å². The first-order valence-electron chi connectivity index (χ1n) is 6.36. The van der Waals surface area contributed by atoms with E-state index in [1.807, 2.05) is 31.2 Å². The lowest BCUT2D eigenvalue weighted by molar-refractivity contribution is -0.122. The second-order valence-electron chi connectivity index (χ2n) is 4.81. The molecule has 1 N–H and O–H groups in total. The van der Waals surface area contributed by atoms with E-state index in [4.69, 9.17) is 0 Å². The number of nitrogens with one attached hydrogen (secondary N) is 1. The van der Waals surface area contributed by atoms with E-state index in [2.05, 4.69) is 33.4 Å². The van der Waals surface area contributed by atoms with Crippen molar-refractivity contribution in [3.05, 3.63) is 46.5 Å². The molecule has 2 nitrogen and oxygen atoms in total. The standard InChI is InChI=1S/C15H18BrNO/c1-11(13-7-4-8-14(16)10-13)17-15(18)9-12-5-2-3-6-12/h2,4-5,7-8,10-12H,3,6,9H2,1H3,(H,17,18)/t11-,12-/m1/s1. The van der Waals surface area contributed by atoms with Gasteiger partial charge in [-0.1, -0.05) is 40.2 Å². The van der Waals surface area contributed by atoms with Gasteiger partial charge in [0, 0.05) is 10.9 Å². The fourth-order valence-electron chi connectivity index (χ4n) is 2.26. The molecule has 0 bridgehead atoms. The topological polar surface area (TPSA) is 29.1 Å². The van der Waals surface area contributed by atoms with Crippen LogP contribution in [0.1, 0.15) is 37.8 Å². The van der Waals surface area contributed by atoms with Crippen LogP contribution < -0.4 is 5.32 Å². The molecule has 0 saturated carbocycles. The van der Waals surface area contributed by atoms with Crippen LogP contribution in [0.25, 0.3) is 0 Å². The van der Waals surface area contributed by atoms with Gasteiger partial charge in [0.15, 0.2) is 0 Å². The minimum atomic E-state index is 0.0559. The van der Waals surface area contributed by atoms with Gasteiger partial charge in [0.25, 0.3) is 0 Å². The van der Waals surface area contributed by atoms with Crippen LogP contribution in [0.4, 0.5) is 0 Å². The zero-order valence-electron chi connectivity index (χ0n) is 10.5. The van der Waals surface area contributed by atoms with E-state index < -0.39 is 0 Å². The van der Waals surface area contributed by atoms with Crippen molar-refractivity contribution in [2.24, 2.45) is 5.92 Å². The van der Waals surface area contributed by atoms with Gasteiger partial charge in [-0.25, -0.2) is 0 Å². The average molecular weight is 308 g/mol. The van der Waals surface area contributed by atoms with Gasteiger partial charge >= 0.3 is 0 Å². The molecule has 0 aromatic heterocycles. The molecule has 2 rings (SSSR count). The molecule has 0 unspecified atom stereocenters. The number of hydrogen-bond donors (Lipinski definition) is 1. The highest BCUT2D eigenvalue weighted by molar-refractivity contribution is 9.10. The van der Waals surface area contributed by atoms with Gasteiger partial charge in [-0.05, 0) is 43.4 Å². The normalized spacial score (nSPS) is 19.8. The number of allylic oxidation sites excluding steroid dienone is 2. The number of hydrogen-bond acceptors (Lipinski definition) is 1. The van der Waals surface area contributed by atoms with Crippen LogP contribution in [0.3, 0.4) is 0 Å². The van der Waals surface area contributed by atoms with Gasteiger partial charge in [-0.2, -0.15) is 0 Å². The Hall–Kier alpha value is -1.09. The Kier molecular flexibility index (Phi) is 4.59. The van der Waals surface area contributed by atoms with Gasteiger partial charge in [0.2, 0.25) is 5.91 Å². The van der Waals surface area contributed by atoms with Crippen LogP contribution in [0.15, 0.2) is 40.9 Å². The predicted molar refractivity (Wildman–Crippen MR) is 77.2 cm³/mol. The van der Waals surface area contributed by atoms with Crippen LogP contribution in [0.5, 0.6) is 0 Å². The lowest BCUT2D eigenvalue weighted by Gasteiger charge is -2.16. The van der Waals surface area contributed by atoms with E-state index >= 15 is 0 Å². The van der Waals surface area contributed by atoms with Crippen molar-refractivity contribution in [3.8, 4) is 0 Å². The fraction of sp³-hybridized carbons (Fsp3) is 0.400. The number of carbonyl (C=O) groups excluding carboxylic acids is 1. The summed E-state index contributed by atoms with van der Waals surface area (Å²) in [6.45, 7) is 2.02. The monoisotopic (exact) mass is 307 g/mol. The molecule has 1 aliphatic carbocycles. The Balaban J connectivity index is 1.88. The zero-order valence-corrected chi connectivity index (χ0v) is 12.1. The molecule has 1 amide bonds. The quantitative estimate of drug-likeness (QED) is 0.838. The minimum absolute atomic E-state index is 0.0559. The third kappa shape index (κ3) is 3.70. The maximum Gasteiger partial charge on any atom is 0.221 e. The molecular formula is C15H18BrNO. The summed E-state index contributed by atoms with van der Waals surface area (Å²) in [5.41, 5.74) is 1.12. The van der Waals surface area contributed by atoms with Crippen molar-refractivity contribution in [1.29, 1.82) is 0 Å². The van der Waals surface area contributed by atoms with Gasteiger partial charge < -0.3 is 5.32 Å². The Morgan fingerprint density at radius 3 is 3.06 bits per heavy atom. The molecule has 1 aromatic carbocycles. The third-order valence-corrected chi connectivity index (χ3v) is 3.78.